The monoisotopic (exact) mass is 687 g/mol. The van der Waals surface area contributed by atoms with Gasteiger partial charge in [-0.2, -0.15) is 15.2 Å². The van der Waals surface area contributed by atoms with Crippen LogP contribution < -0.4 is 15.4 Å². The van der Waals surface area contributed by atoms with Crippen LogP contribution in [0.1, 0.15) is 38.2 Å². The summed E-state index contributed by atoms with van der Waals surface area (Å²) < 4.78 is 52.5. The van der Waals surface area contributed by atoms with Crippen LogP contribution in [0.25, 0.3) is 32.1 Å². The van der Waals surface area contributed by atoms with E-state index in [1.54, 1.807) is 11.9 Å². The highest BCUT2D eigenvalue weighted by atomic mass is 35.5. The molecule has 47 heavy (non-hydrogen) atoms. The fraction of sp³-hybridized carbons (Fsp3) is 0.438. The first kappa shape index (κ1) is 33.0. The van der Waals surface area contributed by atoms with E-state index in [4.69, 9.17) is 26.9 Å². The van der Waals surface area contributed by atoms with Gasteiger partial charge in [-0.1, -0.05) is 24.6 Å². The topological polar surface area (TPSA) is 121 Å². The van der Waals surface area contributed by atoms with E-state index < -0.39 is 29.4 Å². The molecule has 0 radical (unpaired) electrons. The standard InChI is InChI=1S/C32H33ClF3N7O3S/c1-5-22(30(44)42(3)45-4)41(2)29-18-11-20(33)24(17-7-8-21(35)27-23(17)19(13-37)28(38)47-27)25(36)26(18)39-31(40-29)46-15-32-9-6-10-43(32)14-16(34)12-32/h7-8,11,16,22H,5-6,9-10,12,14-15,38H2,1-4H3/t16-,22?,32+/m1/s1. The first-order chi connectivity index (χ1) is 22.4. The number of hydroxylamine groups is 2. The molecule has 2 saturated heterocycles. The van der Waals surface area contributed by atoms with Gasteiger partial charge in [-0.05, 0) is 43.5 Å². The predicted molar refractivity (Wildman–Crippen MR) is 175 cm³/mol. The Morgan fingerprint density at radius 3 is 2.81 bits per heavy atom. The van der Waals surface area contributed by atoms with Crippen LogP contribution in [0.15, 0.2) is 18.2 Å². The maximum absolute atomic E-state index is 16.9. The Morgan fingerprint density at radius 2 is 2.11 bits per heavy atom. The number of aromatic nitrogens is 2. The summed E-state index contributed by atoms with van der Waals surface area (Å²) in [5, 5.41) is 11.3. The second kappa shape index (κ2) is 12.6. The van der Waals surface area contributed by atoms with Gasteiger partial charge in [-0.15, -0.1) is 11.3 Å². The van der Waals surface area contributed by atoms with E-state index in [-0.39, 0.29) is 72.0 Å². The van der Waals surface area contributed by atoms with Crippen LogP contribution >= 0.6 is 22.9 Å². The summed E-state index contributed by atoms with van der Waals surface area (Å²) in [4.78, 5) is 31.2. The average Bonchev–Trinajstić information content (AvgIpc) is 3.70. The van der Waals surface area contributed by atoms with Crippen molar-refractivity contribution in [1.29, 1.82) is 5.26 Å². The third kappa shape index (κ3) is 5.48. The molecule has 2 aliphatic heterocycles. The number of nitrogens with zero attached hydrogens (tertiary/aromatic N) is 6. The van der Waals surface area contributed by atoms with Crippen molar-refractivity contribution >= 4 is 60.7 Å². The van der Waals surface area contributed by atoms with Gasteiger partial charge in [-0.25, -0.2) is 18.2 Å². The van der Waals surface area contributed by atoms with Crippen molar-refractivity contribution in [2.24, 2.45) is 0 Å². The number of hydrogen-bond acceptors (Lipinski definition) is 10. The molecule has 2 aliphatic rings. The van der Waals surface area contributed by atoms with E-state index in [0.717, 1.165) is 35.8 Å². The Kier molecular flexibility index (Phi) is 8.86. The third-order valence-electron chi connectivity index (χ3n) is 9.33. The third-order valence-corrected chi connectivity index (χ3v) is 10.7. The Morgan fingerprint density at radius 1 is 1.34 bits per heavy atom. The molecule has 4 aromatic rings. The highest BCUT2D eigenvalue weighted by Crippen LogP contribution is 2.46. The molecule has 10 nitrogen and oxygen atoms in total. The highest BCUT2D eigenvalue weighted by molar-refractivity contribution is 7.23. The quantitative estimate of drug-likeness (QED) is 0.209. The van der Waals surface area contributed by atoms with Crippen molar-refractivity contribution in [3.05, 3.63) is 40.4 Å². The summed E-state index contributed by atoms with van der Waals surface area (Å²) in [7, 11) is 4.49. The van der Waals surface area contributed by atoms with Crippen LogP contribution in [-0.2, 0) is 9.63 Å². The number of nitriles is 1. The number of nitrogens with two attached hydrogens (primary N) is 1. The van der Waals surface area contributed by atoms with E-state index in [1.165, 1.54) is 32.4 Å². The molecule has 0 spiro atoms. The van der Waals surface area contributed by atoms with Gasteiger partial charge < -0.3 is 15.4 Å². The molecule has 2 fully saturated rings. The number of nitrogen functional groups attached to an aromatic ring is 1. The Labute approximate surface area is 278 Å². The molecule has 3 atom stereocenters. The van der Waals surface area contributed by atoms with Gasteiger partial charge in [0.05, 0.1) is 27.9 Å². The first-order valence-electron chi connectivity index (χ1n) is 15.1. The van der Waals surface area contributed by atoms with E-state index in [0.29, 0.717) is 19.4 Å². The number of carbonyl (C=O) groups excluding carboxylic acids is 1. The molecule has 0 aliphatic carbocycles. The molecule has 15 heteroatoms. The number of halogens is 4. The summed E-state index contributed by atoms with van der Waals surface area (Å²) in [6, 6.07) is 5.04. The molecular formula is C32H33ClF3N7O3S. The molecular weight excluding hydrogens is 655 g/mol. The summed E-state index contributed by atoms with van der Waals surface area (Å²) >= 11 is 7.67. The van der Waals surface area contributed by atoms with Crippen LogP contribution in [0.4, 0.5) is 24.0 Å². The Hall–Kier alpha value is -3.90. The minimum Gasteiger partial charge on any atom is -0.461 e. The van der Waals surface area contributed by atoms with E-state index in [1.807, 2.05) is 13.0 Å². The molecule has 2 aromatic heterocycles. The van der Waals surface area contributed by atoms with Crippen molar-refractivity contribution < 1.29 is 27.5 Å². The summed E-state index contributed by atoms with van der Waals surface area (Å²) in [5.41, 5.74) is 5.40. The summed E-state index contributed by atoms with van der Waals surface area (Å²) in [5.74, 6) is -1.68. The van der Waals surface area contributed by atoms with E-state index in [9.17, 15) is 18.8 Å². The van der Waals surface area contributed by atoms with Crippen molar-refractivity contribution in [2.45, 2.75) is 50.4 Å². The van der Waals surface area contributed by atoms with Crippen LogP contribution in [0.3, 0.4) is 0 Å². The molecule has 1 amide bonds. The average molecular weight is 688 g/mol. The lowest BCUT2D eigenvalue weighted by Gasteiger charge is -2.32. The SMILES string of the molecule is CCC(C(=O)N(C)OC)N(C)c1nc(OC[C@@]23CCCN2C[C@H](F)C3)nc2c(F)c(-c3ccc(F)c4sc(N)c(C#N)c34)c(Cl)cc12. The number of anilines is 2. The number of ether oxygens (including phenoxy) is 1. The van der Waals surface area contributed by atoms with Gasteiger partial charge in [0, 0.05) is 43.4 Å². The maximum Gasteiger partial charge on any atom is 0.319 e. The zero-order chi connectivity index (χ0) is 33.8. The molecule has 248 valence electrons. The molecule has 1 unspecified atom stereocenters. The van der Waals surface area contributed by atoms with Gasteiger partial charge in [0.15, 0.2) is 5.82 Å². The zero-order valence-electron chi connectivity index (χ0n) is 26.2. The number of amides is 1. The number of hydrogen-bond donors (Lipinski definition) is 1. The molecule has 2 aromatic carbocycles. The number of fused-ring (bicyclic) bond motifs is 3. The minimum absolute atomic E-state index is 0.0110. The van der Waals surface area contributed by atoms with Gasteiger partial charge >= 0.3 is 6.01 Å². The fourth-order valence-corrected chi connectivity index (χ4v) is 8.20. The van der Waals surface area contributed by atoms with Gasteiger partial charge in [0.2, 0.25) is 0 Å². The van der Waals surface area contributed by atoms with Crippen molar-refractivity contribution in [2.75, 3.05) is 51.5 Å². The maximum atomic E-state index is 16.9. The lowest BCUT2D eigenvalue weighted by Crippen LogP contribution is -2.46. The summed E-state index contributed by atoms with van der Waals surface area (Å²) in [6.07, 6.45) is 1.31. The minimum atomic E-state index is -0.980. The fourth-order valence-electron chi connectivity index (χ4n) is 6.96. The summed E-state index contributed by atoms with van der Waals surface area (Å²) in [6.45, 7) is 2.98. The van der Waals surface area contributed by atoms with Crippen LogP contribution in [0.2, 0.25) is 5.02 Å². The number of benzene rings is 2. The number of alkyl halides is 1. The Balaban J connectivity index is 1.54. The van der Waals surface area contributed by atoms with Crippen LogP contribution in [-0.4, -0.2) is 84.5 Å². The van der Waals surface area contributed by atoms with Gasteiger partial charge in [0.1, 0.15) is 47.0 Å². The predicted octanol–water partition coefficient (Wildman–Crippen LogP) is 6.09. The second-order valence-corrected chi connectivity index (χ2v) is 13.4. The lowest BCUT2D eigenvalue weighted by atomic mass is 9.95. The molecule has 0 bridgehead atoms. The molecule has 0 saturated carbocycles. The first-order valence-corrected chi connectivity index (χ1v) is 16.3. The zero-order valence-corrected chi connectivity index (χ0v) is 27.8. The van der Waals surface area contributed by atoms with E-state index >= 15 is 4.39 Å². The van der Waals surface area contributed by atoms with Gasteiger partial charge in [-0.3, -0.25) is 14.5 Å². The lowest BCUT2D eigenvalue weighted by molar-refractivity contribution is -0.170. The van der Waals surface area contributed by atoms with Crippen molar-refractivity contribution in [3.8, 4) is 23.2 Å². The molecule has 2 N–H and O–H groups in total. The largest absolute Gasteiger partial charge is 0.461 e. The second-order valence-electron chi connectivity index (χ2n) is 11.9. The van der Waals surface area contributed by atoms with Gasteiger partial charge in [0.25, 0.3) is 5.91 Å². The smallest absolute Gasteiger partial charge is 0.319 e. The number of thiophene rings is 1. The highest BCUT2D eigenvalue weighted by Gasteiger charge is 2.49. The molecule has 6 rings (SSSR count). The van der Waals surface area contributed by atoms with Crippen LogP contribution in [0.5, 0.6) is 6.01 Å². The normalized spacial score (nSPS) is 20.0. The number of carbonyl (C=O) groups is 1. The van der Waals surface area contributed by atoms with Crippen molar-refractivity contribution in [1.82, 2.24) is 19.9 Å². The van der Waals surface area contributed by atoms with E-state index in [2.05, 4.69) is 14.9 Å². The van der Waals surface area contributed by atoms with Crippen LogP contribution in [0, 0.1) is 23.0 Å². The van der Waals surface area contributed by atoms with Crippen molar-refractivity contribution in [3.63, 3.8) is 0 Å². The number of likely N-dealkylation sites (N-methyl/N-ethyl adjacent to an activating group) is 2. The Bertz CT molecular complexity index is 1940. The number of rotatable bonds is 9. The molecule has 4 heterocycles.